The second-order valence-corrected chi connectivity index (χ2v) is 7.76. The van der Waals surface area contributed by atoms with Gasteiger partial charge in [0, 0.05) is 30.4 Å². The average Bonchev–Trinajstić information content (AvgIpc) is 3.01. The third kappa shape index (κ3) is 3.63. The molecule has 2 aromatic carbocycles. The van der Waals surface area contributed by atoms with Gasteiger partial charge >= 0.3 is 0 Å². The molecule has 26 heavy (non-hydrogen) atoms. The molecule has 0 unspecified atom stereocenters. The fraction of sp³-hybridized carbons (Fsp3) is 0.188. The van der Waals surface area contributed by atoms with E-state index in [1.54, 1.807) is 17.0 Å². The predicted octanol–water partition coefficient (Wildman–Crippen LogP) is 3.18. The van der Waals surface area contributed by atoms with E-state index >= 15 is 0 Å². The summed E-state index contributed by atoms with van der Waals surface area (Å²) in [4.78, 5) is 23.3. The largest absolute Gasteiger partial charge is 0.312 e. The number of carbonyl (C=O) groups is 1. The molecule has 3 rings (SSSR count). The minimum atomic E-state index is -4.02. The highest BCUT2D eigenvalue weighted by atomic mass is 35.5. The van der Waals surface area contributed by atoms with Gasteiger partial charge in [-0.15, -0.1) is 0 Å². The molecule has 8 nitrogen and oxygen atoms in total. The van der Waals surface area contributed by atoms with Crippen LogP contribution < -0.4 is 9.62 Å². The molecule has 1 aliphatic heterocycles. The molecule has 0 aromatic heterocycles. The van der Waals surface area contributed by atoms with Crippen molar-refractivity contribution >= 4 is 44.6 Å². The number of anilines is 2. The first kappa shape index (κ1) is 18.2. The lowest BCUT2D eigenvalue weighted by Crippen LogP contribution is -2.23. The molecule has 0 aliphatic carbocycles. The second-order valence-electron chi connectivity index (χ2n) is 5.67. The lowest BCUT2D eigenvalue weighted by Gasteiger charge is -2.16. The quantitative estimate of drug-likeness (QED) is 0.617. The fourth-order valence-electron chi connectivity index (χ4n) is 2.64. The molecular weight excluding hydrogens is 382 g/mol. The van der Waals surface area contributed by atoms with Crippen LogP contribution in [0.4, 0.5) is 17.1 Å². The number of nitro benzene ring substituents is 1. The van der Waals surface area contributed by atoms with Crippen LogP contribution in [0, 0.1) is 10.1 Å². The maximum atomic E-state index is 12.4. The first-order valence-electron chi connectivity index (χ1n) is 7.65. The van der Waals surface area contributed by atoms with Gasteiger partial charge in [-0.2, -0.15) is 0 Å². The minimum absolute atomic E-state index is 0.0341. The normalized spacial score (nSPS) is 14.5. The Balaban J connectivity index is 1.82. The van der Waals surface area contributed by atoms with Crippen LogP contribution in [0.2, 0.25) is 5.02 Å². The Morgan fingerprint density at radius 2 is 1.85 bits per heavy atom. The number of nitro groups is 1. The number of nitrogens with zero attached hydrogens (tertiary/aromatic N) is 2. The molecular formula is C16H14ClN3O5S. The van der Waals surface area contributed by atoms with Gasteiger partial charge in [-0.05, 0) is 42.8 Å². The van der Waals surface area contributed by atoms with E-state index in [1.165, 1.54) is 18.2 Å². The maximum Gasteiger partial charge on any atom is 0.289 e. The predicted molar refractivity (Wildman–Crippen MR) is 96.9 cm³/mol. The van der Waals surface area contributed by atoms with Crippen LogP contribution in [0.5, 0.6) is 0 Å². The summed E-state index contributed by atoms with van der Waals surface area (Å²) in [6.07, 6.45) is 1.30. The highest BCUT2D eigenvalue weighted by Crippen LogP contribution is 2.29. The number of carbonyl (C=O) groups excluding carboxylic acids is 1. The molecule has 0 bridgehead atoms. The topological polar surface area (TPSA) is 110 Å². The zero-order valence-corrected chi connectivity index (χ0v) is 15.0. The number of halogens is 1. The lowest BCUT2D eigenvalue weighted by molar-refractivity contribution is -0.384. The van der Waals surface area contributed by atoms with E-state index in [-0.39, 0.29) is 21.5 Å². The first-order chi connectivity index (χ1) is 12.3. The van der Waals surface area contributed by atoms with Gasteiger partial charge in [0.2, 0.25) is 5.91 Å². The van der Waals surface area contributed by atoms with E-state index in [4.69, 9.17) is 11.6 Å². The highest BCUT2D eigenvalue weighted by molar-refractivity contribution is 7.92. The van der Waals surface area contributed by atoms with Crippen molar-refractivity contribution < 1.29 is 18.1 Å². The summed E-state index contributed by atoms with van der Waals surface area (Å²) in [5.41, 5.74) is 0.480. The van der Waals surface area contributed by atoms with Gasteiger partial charge in [0.1, 0.15) is 5.02 Å². The Kier molecular flexibility index (Phi) is 4.84. The number of amides is 1. The SMILES string of the molecule is O=C1CCCN1c1ccc(NS(=O)(=O)c2ccc(Cl)c([N+](=O)[O-])c2)cc1. The summed E-state index contributed by atoms with van der Waals surface area (Å²) in [5, 5.41) is 10.8. The van der Waals surface area contributed by atoms with Gasteiger partial charge in [0.25, 0.3) is 15.7 Å². The van der Waals surface area contributed by atoms with Gasteiger partial charge in [0.15, 0.2) is 0 Å². The van der Waals surface area contributed by atoms with Crippen LogP contribution in [0.3, 0.4) is 0 Å². The van der Waals surface area contributed by atoms with Crippen LogP contribution in [-0.4, -0.2) is 25.8 Å². The molecule has 10 heteroatoms. The van der Waals surface area contributed by atoms with E-state index in [1.807, 2.05) is 0 Å². The fourth-order valence-corrected chi connectivity index (χ4v) is 3.91. The molecule has 1 aliphatic rings. The van der Waals surface area contributed by atoms with Gasteiger partial charge in [-0.25, -0.2) is 8.42 Å². The third-order valence-corrected chi connectivity index (χ3v) is 5.63. The van der Waals surface area contributed by atoms with Gasteiger partial charge in [0.05, 0.1) is 9.82 Å². The summed E-state index contributed by atoms with van der Waals surface area (Å²) in [7, 11) is -4.02. The van der Waals surface area contributed by atoms with Crippen molar-refractivity contribution in [1.29, 1.82) is 0 Å². The van der Waals surface area contributed by atoms with Crippen LogP contribution in [-0.2, 0) is 14.8 Å². The molecule has 2 aromatic rings. The zero-order chi connectivity index (χ0) is 18.9. The molecule has 0 saturated carbocycles. The summed E-state index contributed by atoms with van der Waals surface area (Å²) >= 11 is 5.70. The summed E-state index contributed by atoms with van der Waals surface area (Å²) < 4.78 is 27.2. The van der Waals surface area contributed by atoms with E-state index in [9.17, 15) is 23.3 Å². The maximum absolute atomic E-state index is 12.4. The number of sulfonamides is 1. The molecule has 136 valence electrons. The zero-order valence-electron chi connectivity index (χ0n) is 13.4. The second kappa shape index (κ2) is 6.93. The Morgan fingerprint density at radius 1 is 1.15 bits per heavy atom. The molecule has 1 fully saturated rings. The standard InChI is InChI=1S/C16H14ClN3O5S/c17-14-8-7-13(10-15(14)20(22)23)26(24,25)18-11-3-5-12(6-4-11)19-9-1-2-16(19)21/h3-8,10,18H,1-2,9H2. The number of nitrogens with one attached hydrogen (secondary N) is 1. The van der Waals surface area contributed by atoms with Crippen LogP contribution in [0.15, 0.2) is 47.4 Å². The molecule has 1 saturated heterocycles. The molecule has 1 N–H and O–H groups in total. The van der Waals surface area contributed by atoms with Crippen molar-refractivity contribution in [3.63, 3.8) is 0 Å². The number of benzene rings is 2. The van der Waals surface area contributed by atoms with Crippen molar-refractivity contribution in [2.24, 2.45) is 0 Å². The summed E-state index contributed by atoms with van der Waals surface area (Å²) in [6.45, 7) is 0.637. The first-order valence-corrected chi connectivity index (χ1v) is 9.51. The number of hydrogen-bond donors (Lipinski definition) is 1. The molecule has 0 radical (unpaired) electrons. The smallest absolute Gasteiger partial charge is 0.289 e. The van der Waals surface area contributed by atoms with Crippen molar-refractivity contribution in [3.05, 3.63) is 57.6 Å². The Labute approximate surface area is 154 Å². The van der Waals surface area contributed by atoms with Crippen molar-refractivity contribution in [2.45, 2.75) is 17.7 Å². The highest BCUT2D eigenvalue weighted by Gasteiger charge is 2.23. The average molecular weight is 396 g/mol. The summed E-state index contributed by atoms with van der Waals surface area (Å²) in [5.74, 6) is 0.0341. The van der Waals surface area contributed by atoms with Crippen molar-refractivity contribution in [2.75, 3.05) is 16.2 Å². The third-order valence-electron chi connectivity index (χ3n) is 3.93. The van der Waals surface area contributed by atoms with Crippen LogP contribution in [0.25, 0.3) is 0 Å². The van der Waals surface area contributed by atoms with E-state index < -0.39 is 20.6 Å². The Bertz CT molecular complexity index is 976. The van der Waals surface area contributed by atoms with Crippen LogP contribution in [0.1, 0.15) is 12.8 Å². The Hall–Kier alpha value is -2.65. The van der Waals surface area contributed by atoms with E-state index in [0.29, 0.717) is 18.7 Å². The Morgan fingerprint density at radius 3 is 2.42 bits per heavy atom. The summed E-state index contributed by atoms with van der Waals surface area (Å²) in [6, 6.07) is 9.61. The van der Waals surface area contributed by atoms with Gasteiger partial charge < -0.3 is 4.90 Å². The number of rotatable bonds is 5. The minimum Gasteiger partial charge on any atom is -0.312 e. The van der Waals surface area contributed by atoms with E-state index in [2.05, 4.69) is 4.72 Å². The molecule has 0 atom stereocenters. The van der Waals surface area contributed by atoms with Crippen molar-refractivity contribution in [3.8, 4) is 0 Å². The van der Waals surface area contributed by atoms with Gasteiger partial charge in [-0.3, -0.25) is 19.6 Å². The van der Waals surface area contributed by atoms with Crippen molar-refractivity contribution in [1.82, 2.24) is 0 Å². The monoisotopic (exact) mass is 395 g/mol. The lowest BCUT2D eigenvalue weighted by atomic mass is 10.2. The molecule has 0 spiro atoms. The van der Waals surface area contributed by atoms with Crippen LogP contribution >= 0.6 is 11.6 Å². The van der Waals surface area contributed by atoms with E-state index in [0.717, 1.165) is 18.6 Å². The molecule has 1 amide bonds. The number of hydrogen-bond acceptors (Lipinski definition) is 5. The molecule has 1 heterocycles. The van der Waals surface area contributed by atoms with Gasteiger partial charge in [-0.1, -0.05) is 11.6 Å².